The fraction of sp³-hybridized carbons (Fsp3) is 0.909. The fourth-order valence-corrected chi connectivity index (χ4v) is 3.24. The van der Waals surface area contributed by atoms with Gasteiger partial charge >= 0.3 is 5.97 Å². The molecule has 13 heavy (non-hydrogen) atoms. The van der Waals surface area contributed by atoms with Crippen LogP contribution in [0.2, 0.25) is 0 Å². The number of carbonyl (C=O) groups excluding carboxylic acids is 1. The Morgan fingerprint density at radius 2 is 2.38 bits per heavy atom. The number of hydrogen-bond donors (Lipinski definition) is 0. The van der Waals surface area contributed by atoms with E-state index < -0.39 is 0 Å². The molecular formula is C11H18O2. The number of ether oxygens (including phenoxy) is 1. The Morgan fingerprint density at radius 1 is 1.62 bits per heavy atom. The Labute approximate surface area is 79.7 Å². The molecule has 2 aliphatic carbocycles. The summed E-state index contributed by atoms with van der Waals surface area (Å²) in [5.74, 6) is 0.731. The Bertz CT molecular complexity index is 224. The van der Waals surface area contributed by atoms with Gasteiger partial charge in [0.15, 0.2) is 0 Å². The average molecular weight is 182 g/mol. The van der Waals surface area contributed by atoms with Gasteiger partial charge in [-0.05, 0) is 38.0 Å². The largest absolute Gasteiger partial charge is 0.462 e. The highest BCUT2D eigenvalue weighted by atomic mass is 16.5. The van der Waals surface area contributed by atoms with Gasteiger partial charge in [-0.15, -0.1) is 0 Å². The molecule has 74 valence electrons. The molecule has 0 aliphatic heterocycles. The lowest BCUT2D eigenvalue weighted by molar-refractivity contribution is -0.153. The molecule has 0 amide bonds. The SMILES string of the molecule is CC[C@]12CC[C@H](C[C@@H]1OC(C)=O)C2. The molecule has 2 nitrogen and oxygen atoms in total. The van der Waals surface area contributed by atoms with E-state index in [-0.39, 0.29) is 12.1 Å². The Kier molecular flexibility index (Phi) is 2.09. The van der Waals surface area contributed by atoms with E-state index in [2.05, 4.69) is 6.92 Å². The van der Waals surface area contributed by atoms with Crippen molar-refractivity contribution in [2.45, 2.75) is 52.1 Å². The van der Waals surface area contributed by atoms with E-state index in [0.717, 1.165) is 12.3 Å². The van der Waals surface area contributed by atoms with Crippen molar-refractivity contribution in [3.8, 4) is 0 Å². The molecule has 0 aromatic rings. The second-order valence-corrected chi connectivity index (χ2v) is 4.66. The van der Waals surface area contributed by atoms with E-state index >= 15 is 0 Å². The average Bonchev–Trinajstić information content (AvgIpc) is 2.60. The minimum absolute atomic E-state index is 0.106. The first-order valence-corrected chi connectivity index (χ1v) is 5.33. The molecule has 0 aromatic heterocycles. The van der Waals surface area contributed by atoms with Crippen LogP contribution in [0.5, 0.6) is 0 Å². The molecule has 2 saturated carbocycles. The van der Waals surface area contributed by atoms with Gasteiger partial charge in [-0.3, -0.25) is 4.79 Å². The normalized spacial score (nSPS) is 42.3. The molecule has 0 N–H and O–H groups in total. The first-order chi connectivity index (χ1) is 6.16. The van der Waals surface area contributed by atoms with Crippen LogP contribution in [0.4, 0.5) is 0 Å². The van der Waals surface area contributed by atoms with E-state index in [0.29, 0.717) is 5.41 Å². The molecule has 2 fully saturated rings. The summed E-state index contributed by atoms with van der Waals surface area (Å²) in [6.45, 7) is 3.75. The van der Waals surface area contributed by atoms with Crippen LogP contribution in [0.25, 0.3) is 0 Å². The van der Waals surface area contributed by atoms with Gasteiger partial charge in [0.05, 0.1) is 0 Å². The van der Waals surface area contributed by atoms with E-state index in [1.165, 1.54) is 32.6 Å². The molecule has 0 saturated heterocycles. The van der Waals surface area contributed by atoms with Crippen LogP contribution in [0.1, 0.15) is 46.0 Å². The van der Waals surface area contributed by atoms with Crippen LogP contribution in [0.3, 0.4) is 0 Å². The predicted molar refractivity (Wildman–Crippen MR) is 50.2 cm³/mol. The number of fused-ring (bicyclic) bond motifs is 2. The van der Waals surface area contributed by atoms with Crippen molar-refractivity contribution >= 4 is 5.97 Å². The highest BCUT2D eigenvalue weighted by Crippen LogP contribution is 2.57. The van der Waals surface area contributed by atoms with Gasteiger partial charge in [-0.25, -0.2) is 0 Å². The van der Waals surface area contributed by atoms with Crippen molar-refractivity contribution in [3.05, 3.63) is 0 Å². The van der Waals surface area contributed by atoms with Gasteiger partial charge in [-0.2, -0.15) is 0 Å². The minimum atomic E-state index is -0.106. The van der Waals surface area contributed by atoms with Crippen molar-refractivity contribution in [2.24, 2.45) is 11.3 Å². The molecule has 2 aliphatic rings. The van der Waals surface area contributed by atoms with Crippen LogP contribution >= 0.6 is 0 Å². The summed E-state index contributed by atoms with van der Waals surface area (Å²) in [5, 5.41) is 0. The predicted octanol–water partition coefficient (Wildman–Crippen LogP) is 2.52. The number of esters is 1. The smallest absolute Gasteiger partial charge is 0.302 e. The molecule has 0 heterocycles. The van der Waals surface area contributed by atoms with Crippen molar-refractivity contribution in [2.75, 3.05) is 0 Å². The summed E-state index contributed by atoms with van der Waals surface area (Å²) >= 11 is 0. The Morgan fingerprint density at radius 3 is 2.92 bits per heavy atom. The quantitative estimate of drug-likeness (QED) is 0.613. The van der Waals surface area contributed by atoms with Gasteiger partial charge in [0.2, 0.25) is 0 Å². The second kappa shape index (κ2) is 3.00. The highest BCUT2D eigenvalue weighted by molar-refractivity contribution is 5.66. The van der Waals surface area contributed by atoms with Gasteiger partial charge in [0.25, 0.3) is 0 Å². The first kappa shape index (κ1) is 9.04. The van der Waals surface area contributed by atoms with Crippen LogP contribution in [-0.4, -0.2) is 12.1 Å². The lowest BCUT2D eigenvalue weighted by Gasteiger charge is -2.33. The molecule has 0 unspecified atom stereocenters. The number of rotatable bonds is 2. The van der Waals surface area contributed by atoms with Crippen molar-refractivity contribution < 1.29 is 9.53 Å². The van der Waals surface area contributed by atoms with Crippen LogP contribution < -0.4 is 0 Å². The molecule has 2 bridgehead atoms. The lowest BCUT2D eigenvalue weighted by Crippen LogP contribution is -2.33. The minimum Gasteiger partial charge on any atom is -0.462 e. The summed E-state index contributed by atoms with van der Waals surface area (Å²) in [7, 11) is 0. The zero-order chi connectivity index (χ0) is 9.47. The maximum atomic E-state index is 10.9. The molecule has 0 radical (unpaired) electrons. The topological polar surface area (TPSA) is 26.3 Å². The molecule has 0 aromatic carbocycles. The summed E-state index contributed by atoms with van der Waals surface area (Å²) < 4.78 is 5.40. The molecule has 2 rings (SSSR count). The molecule has 3 atom stereocenters. The summed E-state index contributed by atoms with van der Waals surface area (Å²) in [4.78, 5) is 10.9. The standard InChI is InChI=1S/C11H18O2/c1-3-11-5-4-9(7-11)6-10(11)13-8(2)12/h9-10H,3-7H2,1-2H3/t9-,10+,11-/m1/s1. The van der Waals surface area contributed by atoms with Crippen molar-refractivity contribution in [1.82, 2.24) is 0 Å². The Balaban J connectivity index is 2.08. The maximum absolute atomic E-state index is 10.9. The van der Waals surface area contributed by atoms with E-state index in [1.54, 1.807) is 0 Å². The molecular weight excluding hydrogens is 164 g/mol. The zero-order valence-corrected chi connectivity index (χ0v) is 8.51. The number of hydrogen-bond acceptors (Lipinski definition) is 2. The molecule has 2 heteroatoms. The van der Waals surface area contributed by atoms with Crippen LogP contribution in [0.15, 0.2) is 0 Å². The van der Waals surface area contributed by atoms with Crippen molar-refractivity contribution in [3.63, 3.8) is 0 Å². The first-order valence-electron chi connectivity index (χ1n) is 5.33. The van der Waals surface area contributed by atoms with Gasteiger partial charge in [0.1, 0.15) is 6.10 Å². The third-order valence-corrected chi connectivity index (χ3v) is 3.99. The van der Waals surface area contributed by atoms with E-state index in [9.17, 15) is 4.79 Å². The Hall–Kier alpha value is -0.530. The monoisotopic (exact) mass is 182 g/mol. The molecule has 0 spiro atoms. The summed E-state index contributed by atoms with van der Waals surface area (Å²) in [5.41, 5.74) is 0.357. The van der Waals surface area contributed by atoms with Gasteiger partial charge in [0, 0.05) is 12.3 Å². The second-order valence-electron chi connectivity index (χ2n) is 4.66. The van der Waals surface area contributed by atoms with Crippen LogP contribution in [0, 0.1) is 11.3 Å². The van der Waals surface area contributed by atoms with Crippen LogP contribution in [-0.2, 0) is 9.53 Å². The summed E-state index contributed by atoms with van der Waals surface area (Å²) in [6, 6.07) is 0. The lowest BCUT2D eigenvalue weighted by atomic mass is 9.79. The highest BCUT2D eigenvalue weighted by Gasteiger charge is 2.52. The van der Waals surface area contributed by atoms with E-state index in [4.69, 9.17) is 4.74 Å². The van der Waals surface area contributed by atoms with Crippen molar-refractivity contribution in [1.29, 1.82) is 0 Å². The fourth-order valence-electron chi connectivity index (χ4n) is 3.24. The number of carbonyl (C=O) groups is 1. The van der Waals surface area contributed by atoms with Gasteiger partial charge < -0.3 is 4.74 Å². The third kappa shape index (κ3) is 1.36. The maximum Gasteiger partial charge on any atom is 0.302 e. The zero-order valence-electron chi connectivity index (χ0n) is 8.51. The summed E-state index contributed by atoms with van der Waals surface area (Å²) in [6.07, 6.45) is 6.43. The van der Waals surface area contributed by atoms with Gasteiger partial charge in [-0.1, -0.05) is 6.92 Å². The third-order valence-electron chi connectivity index (χ3n) is 3.99. The van der Waals surface area contributed by atoms with E-state index in [1.807, 2.05) is 0 Å².